The Balaban J connectivity index is 1.57. The standard InChI is InChI=1S/C17H23NS/c1-14-12-17(19-15(14)2)13-18-11-7-6-10-16-8-4-3-5-9-16/h3-5,8-9,12,18H,6-7,10-11,13H2,1-2H3. The summed E-state index contributed by atoms with van der Waals surface area (Å²) in [6.45, 7) is 6.52. The van der Waals surface area contributed by atoms with Crippen LogP contribution in [-0.4, -0.2) is 6.54 Å². The molecular weight excluding hydrogens is 250 g/mol. The van der Waals surface area contributed by atoms with E-state index in [0.29, 0.717) is 0 Å². The molecule has 0 fully saturated rings. The molecule has 0 aliphatic heterocycles. The summed E-state index contributed by atoms with van der Waals surface area (Å²) in [6, 6.07) is 13.0. The number of thiophene rings is 1. The van der Waals surface area contributed by atoms with Crippen molar-refractivity contribution in [2.45, 2.75) is 39.7 Å². The van der Waals surface area contributed by atoms with E-state index in [2.05, 4.69) is 55.6 Å². The Morgan fingerprint density at radius 3 is 2.53 bits per heavy atom. The monoisotopic (exact) mass is 273 g/mol. The van der Waals surface area contributed by atoms with Gasteiger partial charge in [-0.05, 0) is 56.8 Å². The molecule has 1 heterocycles. The molecule has 0 unspecified atom stereocenters. The Bertz CT molecular complexity index is 468. The maximum absolute atomic E-state index is 3.54. The smallest absolute Gasteiger partial charge is 0.0299 e. The average Bonchev–Trinajstić information content (AvgIpc) is 2.74. The fraction of sp³-hybridized carbons (Fsp3) is 0.412. The third-order valence-corrected chi connectivity index (χ3v) is 4.58. The highest BCUT2D eigenvalue weighted by Gasteiger charge is 2.00. The van der Waals surface area contributed by atoms with E-state index >= 15 is 0 Å². The molecule has 0 saturated heterocycles. The van der Waals surface area contributed by atoms with Gasteiger partial charge in [0.15, 0.2) is 0 Å². The van der Waals surface area contributed by atoms with Gasteiger partial charge in [0.1, 0.15) is 0 Å². The van der Waals surface area contributed by atoms with Crippen molar-refractivity contribution in [1.82, 2.24) is 5.32 Å². The topological polar surface area (TPSA) is 12.0 Å². The molecule has 1 N–H and O–H groups in total. The first kappa shape index (κ1) is 14.3. The Morgan fingerprint density at radius 2 is 1.84 bits per heavy atom. The van der Waals surface area contributed by atoms with Gasteiger partial charge < -0.3 is 5.32 Å². The molecule has 0 bridgehead atoms. The molecule has 1 nitrogen and oxygen atoms in total. The van der Waals surface area contributed by atoms with Crippen molar-refractivity contribution >= 4 is 11.3 Å². The molecule has 1 aromatic heterocycles. The molecule has 0 radical (unpaired) electrons. The van der Waals surface area contributed by atoms with Crippen LogP contribution in [0.4, 0.5) is 0 Å². The Kier molecular flexibility index (Phi) is 5.62. The summed E-state index contributed by atoms with van der Waals surface area (Å²) in [7, 11) is 0. The first-order valence-electron chi connectivity index (χ1n) is 7.06. The highest BCUT2D eigenvalue weighted by Crippen LogP contribution is 2.20. The van der Waals surface area contributed by atoms with Gasteiger partial charge in [0.05, 0.1) is 0 Å². The molecule has 19 heavy (non-hydrogen) atoms. The van der Waals surface area contributed by atoms with Crippen molar-refractivity contribution in [3.63, 3.8) is 0 Å². The van der Waals surface area contributed by atoms with Crippen molar-refractivity contribution in [2.75, 3.05) is 6.54 Å². The molecule has 0 aliphatic carbocycles. The van der Waals surface area contributed by atoms with Crippen LogP contribution in [0.1, 0.15) is 33.7 Å². The molecule has 0 aliphatic rings. The number of nitrogens with one attached hydrogen (secondary N) is 1. The summed E-state index contributed by atoms with van der Waals surface area (Å²) in [4.78, 5) is 2.90. The molecular formula is C17H23NS. The fourth-order valence-electron chi connectivity index (χ4n) is 2.17. The van der Waals surface area contributed by atoms with Crippen LogP contribution in [0.2, 0.25) is 0 Å². The minimum Gasteiger partial charge on any atom is -0.312 e. The zero-order valence-corrected chi connectivity index (χ0v) is 12.7. The van der Waals surface area contributed by atoms with Crippen molar-refractivity contribution < 1.29 is 0 Å². The number of hydrogen-bond donors (Lipinski definition) is 1. The Hall–Kier alpha value is -1.12. The van der Waals surface area contributed by atoms with Crippen LogP contribution in [0.25, 0.3) is 0 Å². The highest BCUT2D eigenvalue weighted by atomic mass is 32.1. The highest BCUT2D eigenvalue weighted by molar-refractivity contribution is 7.12. The van der Waals surface area contributed by atoms with Crippen LogP contribution in [-0.2, 0) is 13.0 Å². The van der Waals surface area contributed by atoms with Crippen molar-refractivity contribution in [1.29, 1.82) is 0 Å². The maximum atomic E-state index is 3.54. The Labute approximate surface area is 120 Å². The largest absolute Gasteiger partial charge is 0.312 e. The molecule has 0 amide bonds. The van der Waals surface area contributed by atoms with Gasteiger partial charge in [-0.1, -0.05) is 30.3 Å². The predicted molar refractivity (Wildman–Crippen MR) is 84.9 cm³/mol. The van der Waals surface area contributed by atoms with Gasteiger partial charge in [0, 0.05) is 16.3 Å². The second-order valence-corrected chi connectivity index (χ2v) is 6.41. The summed E-state index contributed by atoms with van der Waals surface area (Å²) in [5.74, 6) is 0. The van der Waals surface area contributed by atoms with Gasteiger partial charge in [-0.3, -0.25) is 0 Å². The Morgan fingerprint density at radius 1 is 1.05 bits per heavy atom. The van der Waals surface area contributed by atoms with E-state index in [0.717, 1.165) is 13.1 Å². The van der Waals surface area contributed by atoms with E-state index in [1.165, 1.54) is 40.1 Å². The summed E-state index contributed by atoms with van der Waals surface area (Å²) in [5.41, 5.74) is 2.87. The molecule has 0 atom stereocenters. The molecule has 0 spiro atoms. The normalized spacial score (nSPS) is 10.8. The molecule has 0 saturated carbocycles. The van der Waals surface area contributed by atoms with Gasteiger partial charge in [-0.15, -0.1) is 11.3 Å². The maximum Gasteiger partial charge on any atom is 0.0299 e. The molecule has 102 valence electrons. The van der Waals surface area contributed by atoms with Gasteiger partial charge >= 0.3 is 0 Å². The lowest BCUT2D eigenvalue weighted by Gasteiger charge is -2.03. The number of benzene rings is 1. The van der Waals surface area contributed by atoms with Crippen LogP contribution >= 0.6 is 11.3 Å². The first-order chi connectivity index (χ1) is 9.25. The SMILES string of the molecule is Cc1cc(CNCCCCc2ccccc2)sc1C. The van der Waals surface area contributed by atoms with Crippen molar-refractivity contribution in [3.05, 3.63) is 57.3 Å². The average molecular weight is 273 g/mol. The fourth-order valence-corrected chi connectivity index (χ4v) is 3.20. The predicted octanol–water partition coefficient (Wildman–Crippen LogP) is 4.48. The lowest BCUT2D eigenvalue weighted by Crippen LogP contribution is -2.13. The van der Waals surface area contributed by atoms with Crippen molar-refractivity contribution in [2.24, 2.45) is 0 Å². The third-order valence-electron chi connectivity index (χ3n) is 3.43. The van der Waals surface area contributed by atoms with Crippen LogP contribution in [0.5, 0.6) is 0 Å². The van der Waals surface area contributed by atoms with E-state index in [1.54, 1.807) is 0 Å². The van der Waals surface area contributed by atoms with Crippen LogP contribution in [0.3, 0.4) is 0 Å². The van der Waals surface area contributed by atoms with E-state index in [4.69, 9.17) is 0 Å². The van der Waals surface area contributed by atoms with Gasteiger partial charge in [-0.2, -0.15) is 0 Å². The zero-order chi connectivity index (χ0) is 13.5. The minimum atomic E-state index is 1.02. The quantitative estimate of drug-likeness (QED) is 0.734. The second-order valence-electron chi connectivity index (χ2n) is 5.07. The molecule has 2 heteroatoms. The van der Waals surface area contributed by atoms with E-state index < -0.39 is 0 Å². The molecule has 1 aromatic carbocycles. The summed E-state index contributed by atoms with van der Waals surface area (Å²) < 4.78 is 0. The third kappa shape index (κ3) is 4.81. The summed E-state index contributed by atoms with van der Waals surface area (Å²) >= 11 is 1.91. The summed E-state index contributed by atoms with van der Waals surface area (Å²) in [5, 5.41) is 3.54. The van der Waals surface area contributed by atoms with E-state index in [9.17, 15) is 0 Å². The van der Waals surface area contributed by atoms with Gasteiger partial charge in [0.2, 0.25) is 0 Å². The zero-order valence-electron chi connectivity index (χ0n) is 11.9. The van der Waals surface area contributed by atoms with Crippen molar-refractivity contribution in [3.8, 4) is 0 Å². The van der Waals surface area contributed by atoms with Crippen LogP contribution in [0, 0.1) is 13.8 Å². The molecule has 2 rings (SSSR count). The minimum absolute atomic E-state index is 1.02. The lowest BCUT2D eigenvalue weighted by molar-refractivity contribution is 0.626. The van der Waals surface area contributed by atoms with E-state index in [1.807, 2.05) is 11.3 Å². The van der Waals surface area contributed by atoms with Crippen LogP contribution < -0.4 is 5.32 Å². The second kappa shape index (κ2) is 7.46. The molecule has 2 aromatic rings. The lowest BCUT2D eigenvalue weighted by atomic mass is 10.1. The number of unbranched alkanes of at least 4 members (excludes halogenated alkanes) is 1. The first-order valence-corrected chi connectivity index (χ1v) is 7.88. The van der Waals surface area contributed by atoms with Crippen LogP contribution in [0.15, 0.2) is 36.4 Å². The van der Waals surface area contributed by atoms with Gasteiger partial charge in [0.25, 0.3) is 0 Å². The number of rotatable bonds is 7. The number of aryl methyl sites for hydroxylation is 3. The summed E-state index contributed by atoms with van der Waals surface area (Å²) in [6.07, 6.45) is 3.71. The van der Waals surface area contributed by atoms with E-state index in [-0.39, 0.29) is 0 Å². The van der Waals surface area contributed by atoms with Gasteiger partial charge in [-0.25, -0.2) is 0 Å². The number of hydrogen-bond acceptors (Lipinski definition) is 2.